The van der Waals surface area contributed by atoms with Crippen molar-refractivity contribution in [3.8, 4) is 5.75 Å². The summed E-state index contributed by atoms with van der Waals surface area (Å²) < 4.78 is 0. The molecule has 1 aromatic carbocycles. The molecule has 0 aliphatic rings. The van der Waals surface area contributed by atoms with Crippen LogP contribution in [0.2, 0.25) is 0 Å². The van der Waals surface area contributed by atoms with E-state index in [9.17, 15) is 4.79 Å². The third-order valence-corrected chi connectivity index (χ3v) is 2.30. The number of carbonyl (C=O) groups excluding carboxylic acids is 1. The SMILES string of the molecule is CCCN(Cc1ccc(O)cc1)C(=O)NC. The number of benzene rings is 1. The van der Waals surface area contributed by atoms with Crippen molar-refractivity contribution < 1.29 is 9.90 Å². The molecule has 0 fully saturated rings. The van der Waals surface area contributed by atoms with Gasteiger partial charge in [-0.25, -0.2) is 4.79 Å². The van der Waals surface area contributed by atoms with Crippen LogP contribution in [-0.2, 0) is 6.54 Å². The molecule has 0 heterocycles. The number of rotatable bonds is 4. The number of nitrogens with one attached hydrogen (secondary N) is 1. The molecule has 0 aliphatic carbocycles. The molecule has 0 spiro atoms. The lowest BCUT2D eigenvalue weighted by molar-refractivity contribution is 0.197. The first kappa shape index (κ1) is 12.4. The number of amides is 2. The van der Waals surface area contributed by atoms with Crippen LogP contribution in [0.15, 0.2) is 24.3 Å². The Morgan fingerprint density at radius 1 is 1.38 bits per heavy atom. The number of phenolic OH excluding ortho intramolecular Hbond substituents is 1. The minimum absolute atomic E-state index is 0.0741. The second kappa shape index (κ2) is 6.00. The van der Waals surface area contributed by atoms with Crippen LogP contribution in [0.25, 0.3) is 0 Å². The van der Waals surface area contributed by atoms with Crippen LogP contribution in [0.4, 0.5) is 4.79 Å². The van der Waals surface area contributed by atoms with Crippen molar-refractivity contribution in [2.45, 2.75) is 19.9 Å². The summed E-state index contributed by atoms with van der Waals surface area (Å²) in [5.41, 5.74) is 1.01. The van der Waals surface area contributed by atoms with Crippen LogP contribution in [0.5, 0.6) is 5.75 Å². The summed E-state index contributed by atoms with van der Waals surface area (Å²) >= 11 is 0. The van der Waals surface area contributed by atoms with Gasteiger partial charge in [-0.05, 0) is 24.1 Å². The van der Waals surface area contributed by atoms with E-state index >= 15 is 0 Å². The van der Waals surface area contributed by atoms with Crippen LogP contribution >= 0.6 is 0 Å². The fraction of sp³-hybridized carbons (Fsp3) is 0.417. The van der Waals surface area contributed by atoms with Crippen molar-refractivity contribution in [1.82, 2.24) is 10.2 Å². The smallest absolute Gasteiger partial charge is 0.317 e. The Morgan fingerprint density at radius 3 is 2.50 bits per heavy atom. The van der Waals surface area contributed by atoms with Gasteiger partial charge in [-0.2, -0.15) is 0 Å². The number of hydrogen-bond donors (Lipinski definition) is 2. The van der Waals surface area contributed by atoms with Crippen molar-refractivity contribution in [3.05, 3.63) is 29.8 Å². The van der Waals surface area contributed by atoms with Gasteiger partial charge in [0.05, 0.1) is 0 Å². The minimum Gasteiger partial charge on any atom is -0.508 e. The van der Waals surface area contributed by atoms with Gasteiger partial charge in [-0.1, -0.05) is 19.1 Å². The highest BCUT2D eigenvalue weighted by Gasteiger charge is 2.10. The zero-order valence-corrected chi connectivity index (χ0v) is 9.73. The Labute approximate surface area is 95.9 Å². The second-order valence-corrected chi connectivity index (χ2v) is 3.64. The van der Waals surface area contributed by atoms with E-state index in [1.165, 1.54) is 0 Å². The Kier molecular flexibility index (Phi) is 4.64. The van der Waals surface area contributed by atoms with Crippen LogP contribution in [0.1, 0.15) is 18.9 Å². The molecular formula is C12H18N2O2. The van der Waals surface area contributed by atoms with Crippen molar-refractivity contribution in [1.29, 1.82) is 0 Å². The Morgan fingerprint density at radius 2 is 2.00 bits per heavy atom. The molecule has 88 valence electrons. The molecule has 0 radical (unpaired) electrons. The van der Waals surface area contributed by atoms with Crippen molar-refractivity contribution in [2.24, 2.45) is 0 Å². The lowest BCUT2D eigenvalue weighted by atomic mass is 10.2. The van der Waals surface area contributed by atoms with Gasteiger partial charge >= 0.3 is 6.03 Å². The third kappa shape index (κ3) is 3.46. The lowest BCUT2D eigenvalue weighted by Crippen LogP contribution is -2.37. The summed E-state index contributed by atoms with van der Waals surface area (Å²) in [6, 6.07) is 6.82. The van der Waals surface area contributed by atoms with Gasteiger partial charge in [-0.3, -0.25) is 0 Å². The highest BCUT2D eigenvalue weighted by molar-refractivity contribution is 5.73. The highest BCUT2D eigenvalue weighted by Crippen LogP contribution is 2.11. The van der Waals surface area contributed by atoms with E-state index in [1.807, 2.05) is 19.1 Å². The maximum atomic E-state index is 11.5. The van der Waals surface area contributed by atoms with Crippen LogP contribution in [-0.4, -0.2) is 29.6 Å². The number of hydrogen-bond acceptors (Lipinski definition) is 2. The molecule has 1 aromatic rings. The summed E-state index contributed by atoms with van der Waals surface area (Å²) in [6.07, 6.45) is 0.922. The first-order valence-corrected chi connectivity index (χ1v) is 5.42. The van der Waals surface area contributed by atoms with E-state index in [4.69, 9.17) is 5.11 Å². The second-order valence-electron chi connectivity index (χ2n) is 3.64. The molecule has 0 aliphatic heterocycles. The molecule has 0 saturated carbocycles. The zero-order chi connectivity index (χ0) is 12.0. The van der Waals surface area contributed by atoms with E-state index in [1.54, 1.807) is 24.1 Å². The van der Waals surface area contributed by atoms with E-state index < -0.39 is 0 Å². The standard InChI is InChI=1S/C12H18N2O2/c1-3-8-14(12(16)13-2)9-10-4-6-11(15)7-5-10/h4-7,15H,3,8-9H2,1-2H3,(H,13,16). The fourth-order valence-electron chi connectivity index (χ4n) is 1.50. The van der Waals surface area contributed by atoms with Gasteiger partial charge in [0.15, 0.2) is 0 Å². The average molecular weight is 222 g/mol. The Balaban J connectivity index is 2.67. The quantitative estimate of drug-likeness (QED) is 0.818. The van der Waals surface area contributed by atoms with Crippen molar-refractivity contribution in [3.63, 3.8) is 0 Å². The van der Waals surface area contributed by atoms with Crippen molar-refractivity contribution in [2.75, 3.05) is 13.6 Å². The van der Waals surface area contributed by atoms with Gasteiger partial charge in [0, 0.05) is 20.1 Å². The monoisotopic (exact) mass is 222 g/mol. The Bertz CT molecular complexity index is 335. The van der Waals surface area contributed by atoms with E-state index in [-0.39, 0.29) is 11.8 Å². The molecule has 16 heavy (non-hydrogen) atoms. The number of carbonyl (C=O) groups is 1. The van der Waals surface area contributed by atoms with Crippen LogP contribution in [0.3, 0.4) is 0 Å². The number of phenols is 1. The molecule has 0 unspecified atom stereocenters. The summed E-state index contributed by atoms with van der Waals surface area (Å²) in [6.45, 7) is 3.32. The number of urea groups is 1. The molecule has 0 aromatic heterocycles. The first-order chi connectivity index (χ1) is 7.67. The predicted molar refractivity (Wildman–Crippen MR) is 63.3 cm³/mol. The zero-order valence-electron chi connectivity index (χ0n) is 9.73. The van der Waals surface area contributed by atoms with Gasteiger partial charge < -0.3 is 15.3 Å². The number of aromatic hydroxyl groups is 1. The van der Waals surface area contributed by atoms with E-state index in [0.29, 0.717) is 6.54 Å². The van der Waals surface area contributed by atoms with E-state index in [0.717, 1.165) is 18.5 Å². The molecule has 2 N–H and O–H groups in total. The van der Waals surface area contributed by atoms with E-state index in [2.05, 4.69) is 5.32 Å². The predicted octanol–water partition coefficient (Wildman–Crippen LogP) is 1.94. The van der Waals surface area contributed by atoms with Gasteiger partial charge in [0.2, 0.25) is 0 Å². The van der Waals surface area contributed by atoms with Crippen LogP contribution in [0, 0.1) is 0 Å². The minimum atomic E-state index is -0.0741. The highest BCUT2D eigenvalue weighted by atomic mass is 16.3. The van der Waals surface area contributed by atoms with Gasteiger partial charge in [0.25, 0.3) is 0 Å². The van der Waals surface area contributed by atoms with Gasteiger partial charge in [0.1, 0.15) is 5.75 Å². The fourth-order valence-corrected chi connectivity index (χ4v) is 1.50. The van der Waals surface area contributed by atoms with Crippen molar-refractivity contribution >= 4 is 6.03 Å². The molecule has 0 saturated heterocycles. The summed E-state index contributed by atoms with van der Waals surface area (Å²) in [7, 11) is 1.63. The number of nitrogens with zero attached hydrogens (tertiary/aromatic N) is 1. The molecule has 4 nitrogen and oxygen atoms in total. The van der Waals surface area contributed by atoms with Gasteiger partial charge in [-0.15, -0.1) is 0 Å². The normalized spacial score (nSPS) is 9.88. The average Bonchev–Trinajstić information content (AvgIpc) is 2.30. The topological polar surface area (TPSA) is 52.6 Å². The maximum Gasteiger partial charge on any atom is 0.317 e. The molecule has 0 bridgehead atoms. The molecule has 4 heteroatoms. The summed E-state index contributed by atoms with van der Waals surface area (Å²) in [5.74, 6) is 0.241. The molecular weight excluding hydrogens is 204 g/mol. The summed E-state index contributed by atoms with van der Waals surface area (Å²) in [4.78, 5) is 13.3. The molecule has 1 rings (SSSR count). The molecule has 2 amide bonds. The summed E-state index contributed by atoms with van der Waals surface area (Å²) in [5, 5.41) is 11.8. The Hall–Kier alpha value is -1.71. The molecule has 0 atom stereocenters. The lowest BCUT2D eigenvalue weighted by Gasteiger charge is -2.21. The first-order valence-electron chi connectivity index (χ1n) is 5.42. The van der Waals surface area contributed by atoms with Crippen LogP contribution < -0.4 is 5.32 Å². The maximum absolute atomic E-state index is 11.5. The largest absolute Gasteiger partial charge is 0.508 e. The third-order valence-electron chi connectivity index (χ3n) is 2.30.